The summed E-state index contributed by atoms with van der Waals surface area (Å²) in [4.78, 5) is 13.6. The molecular formula is C16H34N2O3Si. The average molecular weight is 331 g/mol. The van der Waals surface area contributed by atoms with Crippen LogP contribution in [0.1, 0.15) is 32.1 Å². The minimum atomic E-state index is -1.24. The van der Waals surface area contributed by atoms with Crippen LogP contribution in [-0.2, 0) is 4.74 Å². The van der Waals surface area contributed by atoms with Crippen molar-refractivity contribution in [3.63, 3.8) is 0 Å². The van der Waals surface area contributed by atoms with Gasteiger partial charge in [-0.3, -0.25) is 0 Å². The molecule has 1 amide bonds. The van der Waals surface area contributed by atoms with E-state index in [4.69, 9.17) is 10.5 Å². The van der Waals surface area contributed by atoms with E-state index in [-0.39, 0.29) is 12.0 Å². The zero-order valence-corrected chi connectivity index (χ0v) is 15.7. The number of carbonyl (C=O) groups excluding carboxylic acids is 1. The molecule has 0 aromatic heterocycles. The molecule has 0 aromatic rings. The van der Waals surface area contributed by atoms with Crippen molar-refractivity contribution < 1.29 is 14.6 Å². The molecule has 0 spiro atoms. The minimum absolute atomic E-state index is 0.278. The first-order chi connectivity index (χ1) is 10.2. The van der Waals surface area contributed by atoms with Crippen LogP contribution in [0.25, 0.3) is 0 Å². The highest BCUT2D eigenvalue weighted by Gasteiger charge is 2.29. The molecule has 0 heterocycles. The Morgan fingerprint density at radius 2 is 1.91 bits per heavy atom. The van der Waals surface area contributed by atoms with E-state index in [1.54, 1.807) is 4.90 Å². The van der Waals surface area contributed by atoms with E-state index >= 15 is 0 Å². The zero-order chi connectivity index (χ0) is 16.8. The van der Waals surface area contributed by atoms with Gasteiger partial charge in [-0.05, 0) is 24.8 Å². The highest BCUT2D eigenvalue weighted by molar-refractivity contribution is 6.76. The van der Waals surface area contributed by atoms with Crippen molar-refractivity contribution in [3.8, 4) is 0 Å². The molecule has 1 rings (SSSR count). The van der Waals surface area contributed by atoms with Gasteiger partial charge in [0.1, 0.15) is 0 Å². The van der Waals surface area contributed by atoms with Gasteiger partial charge >= 0.3 is 6.09 Å². The number of hydrogen-bond donors (Lipinski definition) is 2. The number of rotatable bonds is 7. The van der Waals surface area contributed by atoms with Gasteiger partial charge in [0, 0.05) is 27.2 Å². The fraction of sp³-hybridized carbons (Fsp3) is 0.938. The van der Waals surface area contributed by atoms with Crippen LogP contribution in [-0.4, -0.2) is 56.5 Å². The van der Waals surface area contributed by atoms with Gasteiger partial charge in [-0.15, -0.1) is 0 Å². The molecule has 3 N–H and O–H groups in total. The molecular weight excluding hydrogens is 296 g/mol. The quantitative estimate of drug-likeness (QED) is 0.704. The van der Waals surface area contributed by atoms with Crippen LogP contribution in [0.2, 0.25) is 25.7 Å². The van der Waals surface area contributed by atoms with E-state index in [0.29, 0.717) is 13.1 Å². The molecule has 5 nitrogen and oxygen atoms in total. The summed E-state index contributed by atoms with van der Waals surface area (Å²) in [7, 11) is 0.154. The maximum atomic E-state index is 11.9. The summed E-state index contributed by atoms with van der Waals surface area (Å²) in [6, 6.07) is 0.609. The first-order valence-electron chi connectivity index (χ1n) is 8.51. The van der Waals surface area contributed by atoms with E-state index in [1.165, 1.54) is 26.4 Å². The summed E-state index contributed by atoms with van der Waals surface area (Å²) in [5, 5.41) is 10.5. The van der Waals surface area contributed by atoms with Gasteiger partial charge in [-0.2, -0.15) is 0 Å². The van der Waals surface area contributed by atoms with Gasteiger partial charge in [0.15, 0.2) is 0 Å². The van der Waals surface area contributed by atoms with Crippen LogP contribution in [0.5, 0.6) is 0 Å². The molecule has 6 heteroatoms. The van der Waals surface area contributed by atoms with Crippen molar-refractivity contribution in [1.82, 2.24) is 4.90 Å². The van der Waals surface area contributed by atoms with Crippen LogP contribution in [0, 0.1) is 5.92 Å². The second-order valence-corrected chi connectivity index (χ2v) is 13.4. The number of nitrogens with two attached hydrogens (primary N) is 1. The minimum Gasteiger partial charge on any atom is -0.453 e. The number of methoxy groups -OCH3 is 1. The number of amides is 1. The lowest BCUT2D eigenvalue weighted by atomic mass is 9.83. The maximum Gasteiger partial charge on any atom is 0.409 e. The lowest BCUT2D eigenvalue weighted by Gasteiger charge is -2.33. The fourth-order valence-corrected chi connectivity index (χ4v) is 3.99. The third-order valence-corrected chi connectivity index (χ3v) is 6.29. The summed E-state index contributed by atoms with van der Waals surface area (Å²) in [5.74, 6) is 0.278. The van der Waals surface area contributed by atoms with Gasteiger partial charge in [-0.25, -0.2) is 4.79 Å². The Balaban J connectivity index is 2.57. The number of ether oxygens (including phenoxy) is 1. The Kier molecular flexibility index (Phi) is 7.86. The number of aliphatic hydroxyl groups excluding tert-OH is 1. The molecule has 0 aromatic carbocycles. The molecule has 2 atom stereocenters. The van der Waals surface area contributed by atoms with Crippen LogP contribution < -0.4 is 5.73 Å². The third kappa shape index (κ3) is 6.67. The highest BCUT2D eigenvalue weighted by atomic mass is 28.3. The Bertz CT molecular complexity index is 341. The normalized spacial score (nSPS) is 19.5. The van der Waals surface area contributed by atoms with E-state index < -0.39 is 20.2 Å². The van der Waals surface area contributed by atoms with Crippen molar-refractivity contribution in [2.75, 3.05) is 20.2 Å². The second-order valence-electron chi connectivity index (χ2n) is 7.78. The smallest absolute Gasteiger partial charge is 0.409 e. The summed E-state index contributed by atoms with van der Waals surface area (Å²) in [5.41, 5.74) is 6.19. The standard InChI is InChI=1S/C16H34N2O3Si/c1-21-16(20)18(10-11-22(2,3)4)12-14(17)15(19)13-8-6-5-7-9-13/h13-15,19H,5-12,17H2,1-4H3/t14-,15-/m1/s1. The van der Waals surface area contributed by atoms with Gasteiger partial charge in [-0.1, -0.05) is 38.9 Å². The molecule has 1 saturated carbocycles. The van der Waals surface area contributed by atoms with Crippen molar-refractivity contribution in [2.45, 2.75) is 69.9 Å². The SMILES string of the molecule is COC(=O)N(CC[Si](C)(C)C)C[C@@H](N)[C@H](O)C1CCCCC1. The lowest BCUT2D eigenvalue weighted by Crippen LogP contribution is -2.50. The molecule has 0 saturated heterocycles. The van der Waals surface area contributed by atoms with Crippen LogP contribution in [0.4, 0.5) is 4.79 Å². The Morgan fingerprint density at radius 3 is 2.41 bits per heavy atom. The molecule has 0 aliphatic heterocycles. The fourth-order valence-electron chi connectivity index (χ4n) is 3.04. The monoisotopic (exact) mass is 330 g/mol. The Morgan fingerprint density at radius 1 is 1.32 bits per heavy atom. The highest BCUT2D eigenvalue weighted by Crippen LogP contribution is 2.27. The van der Waals surface area contributed by atoms with E-state index in [2.05, 4.69) is 19.6 Å². The average Bonchev–Trinajstić information content (AvgIpc) is 2.49. The van der Waals surface area contributed by atoms with Crippen LogP contribution in [0.3, 0.4) is 0 Å². The lowest BCUT2D eigenvalue weighted by molar-refractivity contribution is 0.0477. The van der Waals surface area contributed by atoms with Gasteiger partial charge < -0.3 is 20.5 Å². The van der Waals surface area contributed by atoms with Gasteiger partial charge in [0.25, 0.3) is 0 Å². The predicted molar refractivity (Wildman–Crippen MR) is 92.7 cm³/mol. The molecule has 1 fully saturated rings. The Hall–Kier alpha value is -0.593. The molecule has 22 heavy (non-hydrogen) atoms. The Labute approximate surface area is 136 Å². The van der Waals surface area contributed by atoms with E-state index in [0.717, 1.165) is 18.9 Å². The van der Waals surface area contributed by atoms with E-state index in [9.17, 15) is 9.90 Å². The van der Waals surface area contributed by atoms with Gasteiger partial charge in [0.05, 0.1) is 13.2 Å². The summed E-state index contributed by atoms with van der Waals surface area (Å²) >= 11 is 0. The molecule has 0 radical (unpaired) electrons. The third-order valence-electron chi connectivity index (χ3n) is 4.57. The zero-order valence-electron chi connectivity index (χ0n) is 14.7. The van der Waals surface area contributed by atoms with Crippen LogP contribution in [0.15, 0.2) is 0 Å². The van der Waals surface area contributed by atoms with Crippen molar-refractivity contribution >= 4 is 14.2 Å². The van der Waals surface area contributed by atoms with Crippen molar-refractivity contribution in [3.05, 3.63) is 0 Å². The molecule has 1 aliphatic rings. The summed E-state index contributed by atoms with van der Waals surface area (Å²) in [6.07, 6.45) is 4.81. The predicted octanol–water partition coefficient (Wildman–Crippen LogP) is 2.66. The number of carbonyl (C=O) groups is 1. The summed E-state index contributed by atoms with van der Waals surface area (Å²) in [6.45, 7) is 7.86. The first-order valence-corrected chi connectivity index (χ1v) is 12.2. The van der Waals surface area contributed by atoms with E-state index in [1.807, 2.05) is 0 Å². The molecule has 130 valence electrons. The second kappa shape index (κ2) is 8.89. The topological polar surface area (TPSA) is 75.8 Å². The van der Waals surface area contributed by atoms with Crippen molar-refractivity contribution in [2.24, 2.45) is 11.7 Å². The van der Waals surface area contributed by atoms with Gasteiger partial charge in [0.2, 0.25) is 0 Å². The van der Waals surface area contributed by atoms with Crippen molar-refractivity contribution in [1.29, 1.82) is 0 Å². The summed E-state index contributed by atoms with van der Waals surface area (Å²) < 4.78 is 4.87. The first kappa shape index (κ1) is 19.5. The number of hydrogen-bond acceptors (Lipinski definition) is 4. The molecule has 0 unspecified atom stereocenters. The largest absolute Gasteiger partial charge is 0.453 e. The van der Waals surface area contributed by atoms with Crippen LogP contribution >= 0.6 is 0 Å². The molecule has 0 bridgehead atoms. The maximum absolute atomic E-state index is 11.9. The molecule has 1 aliphatic carbocycles. The number of aliphatic hydroxyl groups is 1. The number of nitrogens with zero attached hydrogens (tertiary/aromatic N) is 1.